The van der Waals surface area contributed by atoms with E-state index in [-0.39, 0.29) is 0 Å². The Morgan fingerprint density at radius 3 is 2.48 bits per heavy atom. The van der Waals surface area contributed by atoms with Gasteiger partial charge in [-0.15, -0.1) is 23.2 Å². The van der Waals surface area contributed by atoms with Gasteiger partial charge >= 0.3 is 5.97 Å². The Morgan fingerprint density at radius 2 is 1.96 bits per heavy atom. The molecule has 1 amide bonds. The number of alkyl halides is 2. The minimum absolute atomic E-state index is 0.299. The molecule has 23 heavy (non-hydrogen) atoms. The molecule has 0 unspecified atom stereocenters. The third-order valence-electron chi connectivity index (χ3n) is 3.80. The van der Waals surface area contributed by atoms with Gasteiger partial charge in [-0.05, 0) is 25.5 Å². The molecule has 0 aliphatic heterocycles. The van der Waals surface area contributed by atoms with Gasteiger partial charge in [-0.3, -0.25) is 9.59 Å². The van der Waals surface area contributed by atoms with Crippen LogP contribution in [0.25, 0.3) is 0 Å². The van der Waals surface area contributed by atoms with Gasteiger partial charge in [-0.2, -0.15) is 0 Å². The van der Waals surface area contributed by atoms with Gasteiger partial charge in [0.2, 0.25) is 0 Å². The summed E-state index contributed by atoms with van der Waals surface area (Å²) < 4.78 is 9.01. The summed E-state index contributed by atoms with van der Waals surface area (Å²) >= 11 is 17.8. The molecule has 1 aromatic rings. The number of esters is 1. The van der Waals surface area contributed by atoms with Crippen molar-refractivity contribution in [2.45, 2.75) is 24.6 Å². The average Bonchev–Trinajstić information content (AvgIpc) is 3.00. The zero-order valence-corrected chi connectivity index (χ0v) is 15.1. The molecular weight excluding hydrogens is 365 g/mol. The molecule has 126 valence electrons. The van der Waals surface area contributed by atoms with Crippen LogP contribution in [-0.4, -0.2) is 29.9 Å². The molecule has 1 fully saturated rings. The second-order valence-electron chi connectivity index (χ2n) is 5.64. The largest absolute Gasteiger partial charge is 0.495 e. The van der Waals surface area contributed by atoms with E-state index in [1.54, 1.807) is 26.0 Å². The SMILES string of the molecule is COc1cc(Cl)c(C)cc1NC(=O)COC(=O)[C@@]1(C)CC1(Cl)Cl. The van der Waals surface area contributed by atoms with Gasteiger partial charge in [0.25, 0.3) is 5.91 Å². The fraction of sp³-hybridized carbons (Fsp3) is 0.467. The average molecular weight is 381 g/mol. The number of ether oxygens (including phenoxy) is 2. The Bertz CT molecular complexity index is 662. The number of nitrogens with one attached hydrogen (secondary N) is 1. The molecule has 1 saturated carbocycles. The van der Waals surface area contributed by atoms with Gasteiger partial charge < -0.3 is 14.8 Å². The highest BCUT2D eigenvalue weighted by molar-refractivity contribution is 6.53. The summed E-state index contributed by atoms with van der Waals surface area (Å²) in [5.74, 6) is -0.691. The van der Waals surface area contributed by atoms with E-state index in [1.165, 1.54) is 7.11 Å². The Kier molecular flexibility index (Phi) is 5.04. The van der Waals surface area contributed by atoms with Gasteiger partial charge in [0.15, 0.2) is 6.61 Å². The van der Waals surface area contributed by atoms with Crippen LogP contribution in [0.4, 0.5) is 5.69 Å². The van der Waals surface area contributed by atoms with Crippen LogP contribution in [0.15, 0.2) is 12.1 Å². The number of rotatable bonds is 5. The van der Waals surface area contributed by atoms with E-state index in [0.717, 1.165) is 5.56 Å². The third kappa shape index (κ3) is 3.67. The topological polar surface area (TPSA) is 64.6 Å². The quantitative estimate of drug-likeness (QED) is 0.624. The van der Waals surface area contributed by atoms with Gasteiger partial charge in [-0.1, -0.05) is 11.6 Å². The van der Waals surface area contributed by atoms with Crippen molar-refractivity contribution >= 4 is 52.4 Å². The van der Waals surface area contributed by atoms with Crippen molar-refractivity contribution in [2.24, 2.45) is 5.41 Å². The van der Waals surface area contributed by atoms with Crippen molar-refractivity contribution in [1.82, 2.24) is 0 Å². The predicted molar refractivity (Wildman–Crippen MR) is 89.5 cm³/mol. The highest BCUT2D eigenvalue weighted by atomic mass is 35.5. The maximum Gasteiger partial charge on any atom is 0.315 e. The highest BCUT2D eigenvalue weighted by Crippen LogP contribution is 2.64. The Morgan fingerprint density at radius 1 is 1.35 bits per heavy atom. The van der Waals surface area contributed by atoms with Gasteiger partial charge in [0, 0.05) is 17.5 Å². The van der Waals surface area contributed by atoms with Gasteiger partial charge in [0.05, 0.1) is 12.8 Å². The standard InChI is InChI=1S/C15H16Cl3NO4/c1-8-4-10(11(22-3)5-9(8)16)19-12(20)6-23-13(21)14(2)7-15(14,17)18/h4-5H,6-7H2,1-3H3,(H,19,20)/t14-/m1/s1. The molecule has 0 aromatic heterocycles. The molecule has 2 rings (SSSR count). The van der Waals surface area contributed by atoms with E-state index in [2.05, 4.69) is 5.32 Å². The van der Waals surface area contributed by atoms with E-state index in [4.69, 9.17) is 44.3 Å². The van der Waals surface area contributed by atoms with E-state index in [9.17, 15) is 9.59 Å². The first-order valence-corrected chi connectivity index (χ1v) is 7.93. The van der Waals surface area contributed by atoms with Crippen molar-refractivity contribution in [1.29, 1.82) is 0 Å². The van der Waals surface area contributed by atoms with Gasteiger partial charge in [0.1, 0.15) is 15.5 Å². The van der Waals surface area contributed by atoms with Crippen LogP contribution in [0, 0.1) is 12.3 Å². The first kappa shape index (κ1) is 18.2. The van der Waals surface area contributed by atoms with Crippen LogP contribution in [0.2, 0.25) is 5.02 Å². The number of amides is 1. The summed E-state index contributed by atoms with van der Waals surface area (Å²) in [6.45, 7) is 2.95. The Balaban J connectivity index is 1.96. The molecule has 1 aromatic carbocycles. The molecular formula is C15H16Cl3NO4. The van der Waals surface area contributed by atoms with Crippen LogP contribution < -0.4 is 10.1 Å². The summed E-state index contributed by atoms with van der Waals surface area (Å²) in [5, 5.41) is 3.13. The van der Waals surface area contributed by atoms with Crippen molar-refractivity contribution in [3.63, 3.8) is 0 Å². The smallest absolute Gasteiger partial charge is 0.315 e. The van der Waals surface area contributed by atoms with Crippen molar-refractivity contribution in [3.8, 4) is 5.75 Å². The summed E-state index contributed by atoms with van der Waals surface area (Å²) in [6.07, 6.45) is 0.299. The third-order valence-corrected chi connectivity index (χ3v) is 5.31. The van der Waals surface area contributed by atoms with Crippen LogP contribution >= 0.6 is 34.8 Å². The maximum atomic E-state index is 11.9. The summed E-state index contributed by atoms with van der Waals surface area (Å²) in [4.78, 5) is 23.9. The van der Waals surface area contributed by atoms with Crippen LogP contribution in [0.5, 0.6) is 5.75 Å². The first-order chi connectivity index (χ1) is 10.6. The number of hydrogen-bond acceptors (Lipinski definition) is 4. The molecule has 1 aliphatic rings. The van der Waals surface area contributed by atoms with E-state index in [1.807, 2.05) is 0 Å². The zero-order valence-electron chi connectivity index (χ0n) is 12.8. The Hall–Kier alpha value is -1.17. The lowest BCUT2D eigenvalue weighted by atomic mass is 10.1. The molecule has 1 aliphatic carbocycles. The van der Waals surface area contributed by atoms with E-state index < -0.39 is 28.2 Å². The Labute approximate surface area is 149 Å². The van der Waals surface area contributed by atoms with E-state index >= 15 is 0 Å². The number of halogens is 3. The monoisotopic (exact) mass is 379 g/mol. The fourth-order valence-electron chi connectivity index (χ4n) is 2.03. The second-order valence-corrected chi connectivity index (χ2v) is 7.53. The molecule has 5 nitrogen and oxygen atoms in total. The molecule has 0 heterocycles. The van der Waals surface area contributed by atoms with Crippen LogP contribution in [0.1, 0.15) is 18.9 Å². The van der Waals surface area contributed by atoms with Crippen LogP contribution in [0.3, 0.4) is 0 Å². The van der Waals surface area contributed by atoms with Crippen LogP contribution in [-0.2, 0) is 14.3 Å². The molecule has 1 atom stereocenters. The highest BCUT2D eigenvalue weighted by Gasteiger charge is 2.69. The lowest BCUT2D eigenvalue weighted by Gasteiger charge is -2.14. The molecule has 1 N–H and O–H groups in total. The van der Waals surface area contributed by atoms with Crippen molar-refractivity contribution < 1.29 is 19.1 Å². The van der Waals surface area contributed by atoms with Crippen molar-refractivity contribution in [2.75, 3.05) is 19.0 Å². The number of carbonyl (C=O) groups is 2. The number of carbonyl (C=O) groups excluding carboxylic acids is 2. The number of hydrogen-bond donors (Lipinski definition) is 1. The summed E-state index contributed by atoms with van der Waals surface area (Å²) in [6, 6.07) is 3.27. The number of anilines is 1. The molecule has 0 bridgehead atoms. The normalized spacial score (nSPS) is 21.5. The lowest BCUT2D eigenvalue weighted by molar-refractivity contribution is -0.152. The van der Waals surface area contributed by atoms with E-state index in [0.29, 0.717) is 22.9 Å². The molecule has 0 radical (unpaired) electrons. The number of aryl methyl sites for hydroxylation is 1. The molecule has 0 saturated heterocycles. The van der Waals surface area contributed by atoms with Gasteiger partial charge in [-0.25, -0.2) is 0 Å². The summed E-state index contributed by atoms with van der Waals surface area (Å²) in [5.41, 5.74) is 0.252. The number of benzene rings is 1. The maximum absolute atomic E-state index is 11.9. The fourth-order valence-corrected chi connectivity index (χ4v) is 2.87. The number of methoxy groups -OCH3 is 1. The summed E-state index contributed by atoms with van der Waals surface area (Å²) in [7, 11) is 1.46. The minimum Gasteiger partial charge on any atom is -0.495 e. The first-order valence-electron chi connectivity index (χ1n) is 6.80. The molecule has 0 spiro atoms. The zero-order chi connectivity index (χ0) is 17.4. The molecule has 8 heteroatoms. The lowest BCUT2D eigenvalue weighted by Crippen LogP contribution is -2.27. The van der Waals surface area contributed by atoms with Crippen molar-refractivity contribution in [3.05, 3.63) is 22.7 Å². The second kappa shape index (κ2) is 6.38. The predicted octanol–water partition coefficient (Wildman–Crippen LogP) is 3.72. The minimum atomic E-state index is -1.13.